The summed E-state index contributed by atoms with van der Waals surface area (Å²) >= 11 is 0. The Morgan fingerprint density at radius 2 is 2.18 bits per heavy atom. The second-order valence-corrected chi connectivity index (χ2v) is 7.25. The van der Waals surface area contributed by atoms with Gasteiger partial charge in [-0.25, -0.2) is 9.67 Å². The fourth-order valence-corrected chi connectivity index (χ4v) is 3.28. The maximum Gasteiger partial charge on any atom is 0.252 e. The third-order valence-electron chi connectivity index (χ3n) is 4.04. The zero-order valence-electron chi connectivity index (χ0n) is 12.6. The van der Waals surface area contributed by atoms with E-state index in [4.69, 9.17) is 0 Å². The van der Waals surface area contributed by atoms with E-state index in [9.17, 15) is 9.00 Å². The predicted molar refractivity (Wildman–Crippen MR) is 86.3 cm³/mol. The lowest BCUT2D eigenvalue weighted by molar-refractivity contribution is 0.0956. The Hall–Kier alpha value is -1.76. The highest BCUT2D eigenvalue weighted by molar-refractivity contribution is 7.84. The first kappa shape index (κ1) is 15.1. The number of nitrogens with one attached hydrogen (secondary N) is 1. The summed E-state index contributed by atoms with van der Waals surface area (Å²) in [6.45, 7) is 0.404. The summed E-state index contributed by atoms with van der Waals surface area (Å²) in [5.74, 6) is 0.273. The van der Waals surface area contributed by atoms with Crippen molar-refractivity contribution in [3.05, 3.63) is 24.0 Å². The molecule has 0 radical (unpaired) electrons. The topological polar surface area (TPSA) is 76.9 Å². The van der Waals surface area contributed by atoms with E-state index < -0.39 is 10.8 Å². The van der Waals surface area contributed by atoms with Crippen LogP contribution in [0.4, 0.5) is 0 Å². The van der Waals surface area contributed by atoms with Crippen LogP contribution in [0.3, 0.4) is 0 Å². The van der Waals surface area contributed by atoms with Gasteiger partial charge in [-0.2, -0.15) is 5.10 Å². The molecule has 118 valence electrons. The average molecular weight is 320 g/mol. The summed E-state index contributed by atoms with van der Waals surface area (Å²) in [6.07, 6.45) is 9.77. The summed E-state index contributed by atoms with van der Waals surface area (Å²) in [7, 11) is -0.903. The number of pyridine rings is 1. The summed E-state index contributed by atoms with van der Waals surface area (Å²) in [4.78, 5) is 16.5. The van der Waals surface area contributed by atoms with Gasteiger partial charge in [0.15, 0.2) is 5.65 Å². The van der Waals surface area contributed by atoms with Crippen molar-refractivity contribution in [3.63, 3.8) is 0 Å². The molecular weight excluding hydrogens is 300 g/mol. The van der Waals surface area contributed by atoms with E-state index in [-0.39, 0.29) is 5.91 Å². The van der Waals surface area contributed by atoms with Crippen LogP contribution in [0, 0.1) is 0 Å². The lowest BCUT2D eigenvalue weighted by Crippen LogP contribution is -2.27. The first-order valence-electron chi connectivity index (χ1n) is 7.56. The minimum atomic E-state index is -0.903. The molecule has 1 aliphatic rings. The van der Waals surface area contributed by atoms with Gasteiger partial charge in [0, 0.05) is 40.9 Å². The minimum absolute atomic E-state index is 0.187. The molecule has 22 heavy (non-hydrogen) atoms. The van der Waals surface area contributed by atoms with E-state index in [1.54, 1.807) is 18.6 Å². The van der Waals surface area contributed by atoms with E-state index in [0.717, 1.165) is 23.9 Å². The molecule has 6 nitrogen and oxygen atoms in total. The Morgan fingerprint density at radius 1 is 1.41 bits per heavy atom. The Kier molecular flexibility index (Phi) is 4.52. The van der Waals surface area contributed by atoms with Crippen molar-refractivity contribution >= 4 is 27.7 Å². The van der Waals surface area contributed by atoms with Gasteiger partial charge in [-0.15, -0.1) is 0 Å². The van der Waals surface area contributed by atoms with Gasteiger partial charge in [-0.05, 0) is 18.9 Å². The lowest BCUT2D eigenvalue weighted by atomic mass is 10.2. The van der Waals surface area contributed by atoms with Crippen LogP contribution in [0.2, 0.25) is 0 Å². The number of carbonyl (C=O) groups is 1. The maximum absolute atomic E-state index is 12.1. The Bertz CT molecular complexity index is 707. The molecule has 3 rings (SSSR count). The van der Waals surface area contributed by atoms with Crippen LogP contribution in [-0.2, 0) is 10.8 Å². The first-order valence-corrected chi connectivity index (χ1v) is 9.29. The summed E-state index contributed by atoms with van der Waals surface area (Å²) < 4.78 is 13.0. The van der Waals surface area contributed by atoms with Gasteiger partial charge in [-0.1, -0.05) is 12.8 Å². The minimum Gasteiger partial charge on any atom is -0.351 e. The molecule has 7 heteroatoms. The highest BCUT2D eigenvalue weighted by Crippen LogP contribution is 2.31. The quantitative estimate of drug-likeness (QED) is 0.909. The van der Waals surface area contributed by atoms with E-state index in [2.05, 4.69) is 15.4 Å². The van der Waals surface area contributed by atoms with Crippen molar-refractivity contribution in [2.45, 2.75) is 31.7 Å². The molecular formula is C15H20N4O2S. The fourth-order valence-electron chi connectivity index (χ4n) is 2.89. The van der Waals surface area contributed by atoms with E-state index >= 15 is 0 Å². The number of carbonyl (C=O) groups excluding carboxylic acids is 1. The van der Waals surface area contributed by atoms with Crippen LogP contribution in [0.25, 0.3) is 11.0 Å². The average Bonchev–Trinajstić information content (AvgIpc) is 3.14. The molecule has 1 saturated carbocycles. The molecule has 1 amide bonds. The normalized spacial score (nSPS) is 17.0. The van der Waals surface area contributed by atoms with Crippen molar-refractivity contribution in [3.8, 4) is 0 Å². The van der Waals surface area contributed by atoms with E-state index in [1.165, 1.54) is 12.8 Å². The van der Waals surface area contributed by atoms with Crippen LogP contribution in [-0.4, -0.2) is 43.4 Å². The van der Waals surface area contributed by atoms with E-state index in [1.807, 2.05) is 10.7 Å². The second kappa shape index (κ2) is 6.56. The molecule has 0 unspecified atom stereocenters. The van der Waals surface area contributed by atoms with Crippen molar-refractivity contribution < 1.29 is 9.00 Å². The molecule has 2 aromatic heterocycles. The largest absolute Gasteiger partial charge is 0.351 e. The monoisotopic (exact) mass is 320 g/mol. The molecule has 1 N–H and O–H groups in total. The third-order valence-corrected chi connectivity index (χ3v) is 4.82. The predicted octanol–water partition coefficient (Wildman–Crippen LogP) is 1.65. The van der Waals surface area contributed by atoms with Crippen LogP contribution >= 0.6 is 0 Å². The fraction of sp³-hybridized carbons (Fsp3) is 0.533. The van der Waals surface area contributed by atoms with Crippen molar-refractivity contribution in [1.29, 1.82) is 0 Å². The Balaban J connectivity index is 1.76. The van der Waals surface area contributed by atoms with Crippen molar-refractivity contribution in [2.24, 2.45) is 0 Å². The van der Waals surface area contributed by atoms with Crippen LogP contribution < -0.4 is 5.32 Å². The summed E-state index contributed by atoms with van der Waals surface area (Å²) in [5.41, 5.74) is 1.36. The molecule has 1 fully saturated rings. The highest BCUT2D eigenvalue weighted by atomic mass is 32.2. The lowest BCUT2D eigenvalue weighted by Gasteiger charge is -2.10. The molecule has 0 bridgehead atoms. The van der Waals surface area contributed by atoms with Crippen LogP contribution in [0.15, 0.2) is 18.5 Å². The summed E-state index contributed by atoms with van der Waals surface area (Å²) in [6, 6.07) is 2.25. The van der Waals surface area contributed by atoms with E-state index in [0.29, 0.717) is 23.9 Å². The third kappa shape index (κ3) is 3.19. The molecule has 0 aliphatic heterocycles. The van der Waals surface area contributed by atoms with Gasteiger partial charge in [0.2, 0.25) is 0 Å². The van der Waals surface area contributed by atoms with Gasteiger partial charge >= 0.3 is 0 Å². The summed E-state index contributed by atoms with van der Waals surface area (Å²) in [5, 5.41) is 8.09. The number of hydrogen-bond donors (Lipinski definition) is 1. The van der Waals surface area contributed by atoms with Crippen molar-refractivity contribution in [1.82, 2.24) is 20.1 Å². The van der Waals surface area contributed by atoms with Crippen LogP contribution in [0.5, 0.6) is 0 Å². The second-order valence-electron chi connectivity index (χ2n) is 5.70. The van der Waals surface area contributed by atoms with Gasteiger partial charge in [0.1, 0.15) is 0 Å². The van der Waals surface area contributed by atoms with Crippen molar-refractivity contribution in [2.75, 3.05) is 18.6 Å². The van der Waals surface area contributed by atoms with Gasteiger partial charge in [0.25, 0.3) is 5.91 Å². The standard InChI is InChI=1S/C15H20N4O2S/c1-22(21)7-6-16-15(20)12-8-11-10-18-19(14(11)17-9-12)13-4-2-3-5-13/h8-10,13H,2-7H2,1H3,(H,16,20)/t22-/m0/s1. The number of hydrogen-bond acceptors (Lipinski definition) is 4. The first-order chi connectivity index (χ1) is 10.6. The Morgan fingerprint density at radius 3 is 2.91 bits per heavy atom. The smallest absolute Gasteiger partial charge is 0.252 e. The molecule has 1 aliphatic carbocycles. The van der Waals surface area contributed by atoms with Gasteiger partial charge < -0.3 is 5.32 Å². The molecule has 2 heterocycles. The molecule has 2 aromatic rings. The number of rotatable bonds is 5. The van der Waals surface area contributed by atoms with Crippen LogP contribution in [0.1, 0.15) is 42.1 Å². The van der Waals surface area contributed by atoms with Gasteiger partial charge in [0.05, 0.1) is 17.8 Å². The Labute approximate surface area is 131 Å². The number of nitrogens with zero attached hydrogens (tertiary/aromatic N) is 3. The molecule has 0 saturated heterocycles. The molecule has 0 aromatic carbocycles. The number of aromatic nitrogens is 3. The SMILES string of the molecule is C[S@](=O)CCNC(=O)c1cnc2c(cnn2C2CCCC2)c1. The number of fused-ring (bicyclic) bond motifs is 1. The zero-order valence-corrected chi connectivity index (χ0v) is 13.4. The van der Waals surface area contributed by atoms with Gasteiger partial charge in [-0.3, -0.25) is 9.00 Å². The number of amides is 1. The maximum atomic E-state index is 12.1. The highest BCUT2D eigenvalue weighted by Gasteiger charge is 2.20. The molecule has 1 atom stereocenters. The zero-order chi connectivity index (χ0) is 15.5. The molecule has 0 spiro atoms.